The predicted molar refractivity (Wildman–Crippen MR) is 81.1 cm³/mol. The lowest BCUT2D eigenvalue weighted by molar-refractivity contribution is -0.123. The van der Waals surface area contributed by atoms with Gasteiger partial charge in [-0.05, 0) is 46.7 Å². The molecule has 2 saturated heterocycles. The molecule has 2 fully saturated rings. The van der Waals surface area contributed by atoms with Crippen LogP contribution >= 0.6 is 0 Å². The first-order valence-corrected chi connectivity index (χ1v) is 7.87. The summed E-state index contributed by atoms with van der Waals surface area (Å²) >= 11 is 0. The van der Waals surface area contributed by atoms with Gasteiger partial charge in [-0.3, -0.25) is 9.69 Å². The second-order valence-corrected chi connectivity index (χ2v) is 7.23. The number of rotatable bonds is 2. The number of primary amides is 1. The van der Waals surface area contributed by atoms with E-state index >= 15 is 0 Å². The number of likely N-dealkylation sites (tertiary alicyclic amines) is 2. The molecular formula is C15H27N3O4. The maximum atomic E-state index is 12.1. The molecular weight excluding hydrogens is 286 g/mol. The van der Waals surface area contributed by atoms with E-state index in [1.807, 2.05) is 20.8 Å². The lowest BCUT2D eigenvalue weighted by atomic mass is 9.95. The third-order valence-corrected chi connectivity index (χ3v) is 4.31. The van der Waals surface area contributed by atoms with Gasteiger partial charge in [-0.1, -0.05) is 0 Å². The third-order valence-electron chi connectivity index (χ3n) is 4.31. The zero-order valence-corrected chi connectivity index (χ0v) is 13.6. The van der Waals surface area contributed by atoms with Crippen LogP contribution in [0.25, 0.3) is 0 Å². The van der Waals surface area contributed by atoms with E-state index in [-0.39, 0.29) is 30.5 Å². The van der Waals surface area contributed by atoms with Gasteiger partial charge in [0.05, 0.1) is 18.7 Å². The lowest BCUT2D eigenvalue weighted by Crippen LogP contribution is -2.48. The van der Waals surface area contributed by atoms with Crippen LogP contribution in [0.4, 0.5) is 4.79 Å². The van der Waals surface area contributed by atoms with Gasteiger partial charge < -0.3 is 20.5 Å². The Balaban J connectivity index is 1.89. The summed E-state index contributed by atoms with van der Waals surface area (Å²) in [5, 5.41) is 10.3. The number of carbonyl (C=O) groups excluding carboxylic acids is 2. The molecule has 22 heavy (non-hydrogen) atoms. The number of carbonyl (C=O) groups is 2. The zero-order chi connectivity index (χ0) is 16.5. The van der Waals surface area contributed by atoms with E-state index in [4.69, 9.17) is 10.5 Å². The summed E-state index contributed by atoms with van der Waals surface area (Å²) in [5.41, 5.74) is 4.80. The molecule has 3 N–H and O–H groups in total. The fraction of sp³-hybridized carbons (Fsp3) is 0.867. The van der Waals surface area contributed by atoms with Crippen molar-refractivity contribution >= 4 is 12.0 Å². The minimum atomic E-state index is -0.586. The average molecular weight is 313 g/mol. The highest BCUT2D eigenvalue weighted by molar-refractivity contribution is 5.76. The van der Waals surface area contributed by atoms with Gasteiger partial charge in [-0.15, -0.1) is 0 Å². The Morgan fingerprint density at radius 2 is 1.77 bits per heavy atom. The molecule has 0 aromatic carbocycles. The monoisotopic (exact) mass is 313 g/mol. The molecule has 0 aromatic heterocycles. The summed E-state index contributed by atoms with van der Waals surface area (Å²) in [4.78, 5) is 27.0. The zero-order valence-electron chi connectivity index (χ0n) is 13.6. The van der Waals surface area contributed by atoms with Gasteiger partial charge >= 0.3 is 6.09 Å². The van der Waals surface area contributed by atoms with Gasteiger partial charge in [0, 0.05) is 12.5 Å². The van der Waals surface area contributed by atoms with Crippen LogP contribution in [-0.2, 0) is 9.53 Å². The molecule has 0 unspecified atom stereocenters. The number of piperidine rings is 1. The standard InChI is InChI=1S/C15H27N3O4/c1-15(2,3)22-14(21)18-8-11(12(19)9-18)17-6-4-10(5-7-17)13(16)20/h10-12,19H,4-9H2,1-3H3,(H2,16,20)/t11-,12-/m1/s1. The van der Waals surface area contributed by atoms with Crippen molar-refractivity contribution in [3.63, 3.8) is 0 Å². The van der Waals surface area contributed by atoms with E-state index in [1.54, 1.807) is 4.90 Å². The maximum absolute atomic E-state index is 12.1. The number of hydrogen-bond acceptors (Lipinski definition) is 5. The van der Waals surface area contributed by atoms with E-state index in [2.05, 4.69) is 4.90 Å². The van der Waals surface area contributed by atoms with Crippen LogP contribution in [0.1, 0.15) is 33.6 Å². The first-order valence-electron chi connectivity index (χ1n) is 7.87. The molecule has 0 aromatic rings. The minimum absolute atomic E-state index is 0.0724. The molecule has 0 aliphatic carbocycles. The summed E-state index contributed by atoms with van der Waals surface area (Å²) < 4.78 is 5.35. The second-order valence-electron chi connectivity index (χ2n) is 7.23. The molecule has 0 saturated carbocycles. The van der Waals surface area contributed by atoms with E-state index in [1.165, 1.54) is 0 Å². The van der Waals surface area contributed by atoms with Crippen molar-refractivity contribution < 1.29 is 19.4 Å². The van der Waals surface area contributed by atoms with Gasteiger partial charge in [0.25, 0.3) is 0 Å². The van der Waals surface area contributed by atoms with Gasteiger partial charge in [-0.2, -0.15) is 0 Å². The number of hydrogen-bond donors (Lipinski definition) is 2. The Bertz CT molecular complexity index is 427. The number of ether oxygens (including phenoxy) is 1. The van der Waals surface area contributed by atoms with Crippen molar-refractivity contribution in [3.05, 3.63) is 0 Å². The largest absolute Gasteiger partial charge is 0.444 e. The maximum Gasteiger partial charge on any atom is 0.410 e. The van der Waals surface area contributed by atoms with Crippen molar-refractivity contribution in [2.45, 2.75) is 51.4 Å². The Kier molecular flexibility index (Phi) is 4.97. The minimum Gasteiger partial charge on any atom is -0.444 e. The Hall–Kier alpha value is -1.34. The Morgan fingerprint density at radius 1 is 1.18 bits per heavy atom. The highest BCUT2D eigenvalue weighted by Crippen LogP contribution is 2.24. The number of β-amino-alcohol motifs (C(OH)–C–C–N with tert-alkyl or cyclic N) is 1. The molecule has 0 spiro atoms. The van der Waals surface area contributed by atoms with Crippen molar-refractivity contribution in [3.8, 4) is 0 Å². The van der Waals surface area contributed by atoms with E-state index in [0.29, 0.717) is 19.4 Å². The highest BCUT2D eigenvalue weighted by Gasteiger charge is 2.40. The molecule has 0 radical (unpaired) electrons. The third kappa shape index (κ3) is 4.10. The van der Waals surface area contributed by atoms with Crippen LogP contribution in [0.2, 0.25) is 0 Å². The molecule has 126 valence electrons. The molecule has 2 atom stereocenters. The molecule has 2 rings (SSSR count). The molecule has 2 aliphatic rings. The van der Waals surface area contributed by atoms with Crippen molar-refractivity contribution in [2.24, 2.45) is 11.7 Å². The molecule has 7 heteroatoms. The van der Waals surface area contributed by atoms with Crippen LogP contribution in [0, 0.1) is 5.92 Å². The van der Waals surface area contributed by atoms with E-state index in [9.17, 15) is 14.7 Å². The number of nitrogens with two attached hydrogens (primary N) is 1. The quantitative estimate of drug-likeness (QED) is 0.757. The summed E-state index contributed by atoms with van der Waals surface area (Å²) in [6.45, 7) is 7.65. The van der Waals surface area contributed by atoms with Crippen LogP contribution in [0.3, 0.4) is 0 Å². The van der Waals surface area contributed by atoms with Gasteiger partial charge in [-0.25, -0.2) is 4.79 Å². The number of aliphatic hydroxyl groups is 1. The fourth-order valence-electron chi connectivity index (χ4n) is 3.12. The first kappa shape index (κ1) is 17.0. The predicted octanol–water partition coefficient (Wildman–Crippen LogP) is 0.164. The second kappa shape index (κ2) is 6.42. The average Bonchev–Trinajstić information content (AvgIpc) is 2.79. The summed E-state index contributed by atoms with van der Waals surface area (Å²) in [6.07, 6.45) is 0.453. The smallest absolute Gasteiger partial charge is 0.410 e. The number of aliphatic hydroxyl groups excluding tert-OH is 1. The van der Waals surface area contributed by atoms with Crippen LogP contribution in [-0.4, -0.2) is 70.8 Å². The van der Waals surface area contributed by atoms with Crippen LogP contribution in [0.5, 0.6) is 0 Å². The molecule has 7 nitrogen and oxygen atoms in total. The SMILES string of the molecule is CC(C)(C)OC(=O)N1C[C@@H](O)[C@H](N2CCC(C(N)=O)CC2)C1. The normalized spacial score (nSPS) is 27.9. The molecule has 0 bridgehead atoms. The van der Waals surface area contributed by atoms with E-state index in [0.717, 1.165) is 13.1 Å². The van der Waals surface area contributed by atoms with Crippen molar-refractivity contribution in [2.75, 3.05) is 26.2 Å². The van der Waals surface area contributed by atoms with Crippen LogP contribution in [0.15, 0.2) is 0 Å². The molecule has 2 amide bonds. The van der Waals surface area contributed by atoms with Gasteiger partial charge in [0.15, 0.2) is 0 Å². The number of nitrogens with zero attached hydrogens (tertiary/aromatic N) is 2. The van der Waals surface area contributed by atoms with Crippen molar-refractivity contribution in [1.82, 2.24) is 9.80 Å². The fourth-order valence-corrected chi connectivity index (χ4v) is 3.12. The first-order chi connectivity index (χ1) is 10.2. The summed E-state index contributed by atoms with van der Waals surface area (Å²) in [6, 6.07) is -0.0960. The Labute approximate surface area is 131 Å². The molecule has 2 heterocycles. The Morgan fingerprint density at radius 3 is 2.27 bits per heavy atom. The van der Waals surface area contributed by atoms with Crippen molar-refractivity contribution in [1.29, 1.82) is 0 Å². The number of amides is 2. The van der Waals surface area contributed by atoms with E-state index < -0.39 is 11.7 Å². The lowest BCUT2D eigenvalue weighted by Gasteiger charge is -2.35. The molecule has 2 aliphatic heterocycles. The topological polar surface area (TPSA) is 96.1 Å². The summed E-state index contributed by atoms with van der Waals surface area (Å²) in [7, 11) is 0. The van der Waals surface area contributed by atoms with Gasteiger partial charge in [0.1, 0.15) is 5.60 Å². The van der Waals surface area contributed by atoms with Crippen LogP contribution < -0.4 is 5.73 Å². The summed E-state index contributed by atoms with van der Waals surface area (Å²) in [5.74, 6) is -0.321. The highest BCUT2D eigenvalue weighted by atomic mass is 16.6. The van der Waals surface area contributed by atoms with Gasteiger partial charge in [0.2, 0.25) is 5.91 Å².